The van der Waals surface area contributed by atoms with Gasteiger partial charge in [-0.3, -0.25) is 0 Å². The van der Waals surface area contributed by atoms with Gasteiger partial charge in [-0.05, 0) is 67.0 Å². The SMILES string of the molecule is CCC(NC(=O)Nc1cccc(F)c1)c1ccc2c(c1)CCCC2. The van der Waals surface area contributed by atoms with E-state index in [1.54, 1.807) is 12.1 Å². The second kappa shape index (κ2) is 7.47. The summed E-state index contributed by atoms with van der Waals surface area (Å²) in [6, 6.07) is 12.1. The summed E-state index contributed by atoms with van der Waals surface area (Å²) in [7, 11) is 0. The summed E-state index contributed by atoms with van der Waals surface area (Å²) >= 11 is 0. The van der Waals surface area contributed by atoms with E-state index in [4.69, 9.17) is 0 Å². The van der Waals surface area contributed by atoms with Crippen molar-refractivity contribution in [3.05, 3.63) is 65.0 Å². The fourth-order valence-electron chi connectivity index (χ4n) is 3.28. The minimum Gasteiger partial charge on any atom is -0.331 e. The normalized spacial score (nSPS) is 14.6. The summed E-state index contributed by atoms with van der Waals surface area (Å²) in [6.45, 7) is 2.05. The third kappa shape index (κ3) is 3.94. The average Bonchev–Trinajstić information content (AvgIpc) is 2.59. The molecule has 3 rings (SSSR count). The molecule has 0 saturated heterocycles. The Kier molecular flexibility index (Phi) is 5.14. The van der Waals surface area contributed by atoms with Crippen molar-refractivity contribution in [3.8, 4) is 0 Å². The lowest BCUT2D eigenvalue weighted by Crippen LogP contribution is -2.32. The molecule has 24 heavy (non-hydrogen) atoms. The number of halogens is 1. The van der Waals surface area contributed by atoms with E-state index < -0.39 is 0 Å². The second-order valence-corrected chi connectivity index (χ2v) is 6.30. The van der Waals surface area contributed by atoms with E-state index in [0.717, 1.165) is 24.8 Å². The zero-order chi connectivity index (χ0) is 16.9. The molecule has 2 amide bonds. The summed E-state index contributed by atoms with van der Waals surface area (Å²) in [5.41, 5.74) is 4.42. The number of urea groups is 1. The largest absolute Gasteiger partial charge is 0.331 e. The van der Waals surface area contributed by atoms with Gasteiger partial charge in [0.15, 0.2) is 0 Å². The summed E-state index contributed by atoms with van der Waals surface area (Å²) in [5, 5.41) is 5.67. The predicted octanol–water partition coefficient (Wildman–Crippen LogP) is 4.98. The summed E-state index contributed by atoms with van der Waals surface area (Å²) in [4.78, 5) is 12.2. The predicted molar refractivity (Wildman–Crippen MR) is 94.7 cm³/mol. The minimum atomic E-state index is -0.366. The number of nitrogens with one attached hydrogen (secondary N) is 2. The van der Waals surface area contributed by atoms with Crippen molar-refractivity contribution in [2.45, 2.75) is 45.1 Å². The quantitative estimate of drug-likeness (QED) is 0.817. The smallest absolute Gasteiger partial charge is 0.319 e. The molecule has 0 radical (unpaired) electrons. The Morgan fingerprint density at radius 3 is 2.67 bits per heavy atom. The van der Waals surface area contributed by atoms with Gasteiger partial charge in [0.05, 0.1) is 6.04 Å². The molecule has 126 valence electrons. The van der Waals surface area contributed by atoms with Crippen LogP contribution in [0, 0.1) is 5.82 Å². The van der Waals surface area contributed by atoms with Crippen molar-refractivity contribution in [3.63, 3.8) is 0 Å². The summed E-state index contributed by atoms with van der Waals surface area (Å²) in [5.74, 6) is -0.366. The van der Waals surface area contributed by atoms with Crippen LogP contribution in [0.15, 0.2) is 42.5 Å². The van der Waals surface area contributed by atoms with Crippen molar-refractivity contribution in [1.29, 1.82) is 0 Å². The first kappa shape index (κ1) is 16.5. The highest BCUT2D eigenvalue weighted by Crippen LogP contribution is 2.26. The number of carbonyl (C=O) groups is 1. The number of aryl methyl sites for hydroxylation is 2. The van der Waals surface area contributed by atoms with E-state index in [1.165, 1.54) is 36.1 Å². The highest BCUT2D eigenvalue weighted by atomic mass is 19.1. The number of rotatable bonds is 4. The Morgan fingerprint density at radius 1 is 1.12 bits per heavy atom. The third-order valence-corrected chi connectivity index (χ3v) is 4.57. The van der Waals surface area contributed by atoms with Crippen LogP contribution in [0.5, 0.6) is 0 Å². The van der Waals surface area contributed by atoms with Gasteiger partial charge in [-0.1, -0.05) is 31.2 Å². The Hall–Kier alpha value is -2.36. The standard InChI is InChI=1S/C20H23FN2O/c1-2-19(16-11-10-14-6-3-4-7-15(14)12-16)23-20(24)22-18-9-5-8-17(21)13-18/h5,8-13,19H,2-4,6-7H2,1H3,(H2,22,23,24). The number of hydrogen-bond donors (Lipinski definition) is 2. The van der Waals surface area contributed by atoms with Crippen LogP contribution in [0.25, 0.3) is 0 Å². The van der Waals surface area contributed by atoms with Gasteiger partial charge in [-0.2, -0.15) is 0 Å². The molecule has 4 heteroatoms. The van der Waals surface area contributed by atoms with Crippen molar-refractivity contribution in [1.82, 2.24) is 5.32 Å². The first-order valence-corrected chi connectivity index (χ1v) is 8.60. The molecule has 2 aromatic carbocycles. The van der Waals surface area contributed by atoms with E-state index in [-0.39, 0.29) is 17.9 Å². The zero-order valence-electron chi connectivity index (χ0n) is 13.9. The van der Waals surface area contributed by atoms with Crippen molar-refractivity contribution < 1.29 is 9.18 Å². The van der Waals surface area contributed by atoms with Gasteiger partial charge < -0.3 is 10.6 Å². The van der Waals surface area contributed by atoms with Crippen molar-refractivity contribution in [2.75, 3.05) is 5.32 Å². The maximum absolute atomic E-state index is 13.2. The molecule has 0 aromatic heterocycles. The second-order valence-electron chi connectivity index (χ2n) is 6.30. The van der Waals surface area contributed by atoms with Crippen LogP contribution < -0.4 is 10.6 Å². The number of benzene rings is 2. The number of fused-ring (bicyclic) bond motifs is 1. The highest BCUT2D eigenvalue weighted by molar-refractivity contribution is 5.89. The fraction of sp³-hybridized carbons (Fsp3) is 0.350. The Bertz CT molecular complexity index is 729. The zero-order valence-corrected chi connectivity index (χ0v) is 13.9. The van der Waals surface area contributed by atoms with E-state index in [1.807, 2.05) is 6.92 Å². The van der Waals surface area contributed by atoms with Crippen molar-refractivity contribution >= 4 is 11.7 Å². The van der Waals surface area contributed by atoms with E-state index >= 15 is 0 Å². The molecule has 2 N–H and O–H groups in total. The van der Waals surface area contributed by atoms with E-state index in [2.05, 4.69) is 28.8 Å². The lowest BCUT2D eigenvalue weighted by atomic mass is 9.89. The van der Waals surface area contributed by atoms with E-state index in [9.17, 15) is 9.18 Å². The first-order chi connectivity index (χ1) is 11.7. The van der Waals surface area contributed by atoms with Gasteiger partial charge in [-0.25, -0.2) is 9.18 Å². The van der Waals surface area contributed by atoms with Crippen LogP contribution in [-0.4, -0.2) is 6.03 Å². The molecule has 1 aliphatic carbocycles. The number of anilines is 1. The molecule has 0 spiro atoms. The molecule has 0 heterocycles. The molecule has 2 aromatic rings. The molecule has 1 unspecified atom stereocenters. The monoisotopic (exact) mass is 326 g/mol. The molecule has 0 fully saturated rings. The lowest BCUT2D eigenvalue weighted by Gasteiger charge is -2.22. The van der Waals surface area contributed by atoms with Gasteiger partial charge in [0, 0.05) is 5.69 Å². The van der Waals surface area contributed by atoms with Gasteiger partial charge in [0.1, 0.15) is 5.82 Å². The maximum atomic E-state index is 13.2. The van der Waals surface area contributed by atoms with Crippen LogP contribution in [-0.2, 0) is 12.8 Å². The Balaban J connectivity index is 1.69. The van der Waals surface area contributed by atoms with E-state index in [0.29, 0.717) is 5.69 Å². The molecule has 3 nitrogen and oxygen atoms in total. The third-order valence-electron chi connectivity index (χ3n) is 4.57. The average molecular weight is 326 g/mol. The molecule has 0 aliphatic heterocycles. The number of amides is 2. The molecular formula is C20H23FN2O. The minimum absolute atomic E-state index is 0.0502. The number of hydrogen-bond acceptors (Lipinski definition) is 1. The molecule has 1 aliphatic rings. The lowest BCUT2D eigenvalue weighted by molar-refractivity contribution is 0.248. The topological polar surface area (TPSA) is 41.1 Å². The van der Waals surface area contributed by atoms with Crippen LogP contribution in [0.3, 0.4) is 0 Å². The van der Waals surface area contributed by atoms with Crippen LogP contribution in [0.4, 0.5) is 14.9 Å². The Morgan fingerprint density at radius 2 is 1.92 bits per heavy atom. The first-order valence-electron chi connectivity index (χ1n) is 8.60. The molecular weight excluding hydrogens is 303 g/mol. The molecule has 0 saturated carbocycles. The van der Waals surface area contributed by atoms with Gasteiger partial charge in [-0.15, -0.1) is 0 Å². The highest BCUT2D eigenvalue weighted by Gasteiger charge is 2.16. The fourth-order valence-corrected chi connectivity index (χ4v) is 3.28. The number of carbonyl (C=O) groups excluding carboxylic acids is 1. The summed E-state index contributed by atoms with van der Waals surface area (Å²) < 4.78 is 13.2. The van der Waals surface area contributed by atoms with Crippen LogP contribution in [0.2, 0.25) is 0 Å². The molecule has 1 atom stereocenters. The van der Waals surface area contributed by atoms with Gasteiger partial charge >= 0.3 is 6.03 Å². The van der Waals surface area contributed by atoms with Crippen molar-refractivity contribution in [2.24, 2.45) is 0 Å². The maximum Gasteiger partial charge on any atom is 0.319 e. The van der Waals surface area contributed by atoms with Gasteiger partial charge in [0.25, 0.3) is 0 Å². The summed E-state index contributed by atoms with van der Waals surface area (Å²) in [6.07, 6.45) is 5.57. The Labute approximate surface area is 142 Å². The van der Waals surface area contributed by atoms with Crippen LogP contribution >= 0.6 is 0 Å². The molecule has 0 bridgehead atoms. The van der Waals surface area contributed by atoms with Crippen LogP contribution in [0.1, 0.15) is 48.9 Å². The van der Waals surface area contributed by atoms with Gasteiger partial charge in [0.2, 0.25) is 0 Å².